The van der Waals surface area contributed by atoms with Crippen molar-refractivity contribution in [3.8, 4) is 0 Å². The van der Waals surface area contributed by atoms with Crippen molar-refractivity contribution in [2.75, 3.05) is 0 Å². The van der Waals surface area contributed by atoms with Gasteiger partial charge in [-0.15, -0.1) is 0 Å². The SMILES string of the molecule is Cc1cccc(C(O)c2cncc(F)c2)c1. The monoisotopic (exact) mass is 217 g/mol. The Labute approximate surface area is 93.4 Å². The van der Waals surface area contributed by atoms with Crippen LogP contribution in [0.4, 0.5) is 4.39 Å². The molecule has 1 aromatic carbocycles. The van der Waals surface area contributed by atoms with Gasteiger partial charge >= 0.3 is 0 Å². The van der Waals surface area contributed by atoms with Gasteiger partial charge < -0.3 is 5.11 Å². The second-order valence-electron chi connectivity index (χ2n) is 3.75. The van der Waals surface area contributed by atoms with E-state index in [9.17, 15) is 9.50 Å². The number of benzene rings is 1. The molecule has 2 rings (SSSR count). The quantitative estimate of drug-likeness (QED) is 0.838. The van der Waals surface area contributed by atoms with Gasteiger partial charge in [-0.2, -0.15) is 0 Å². The highest BCUT2D eigenvalue weighted by molar-refractivity contribution is 5.30. The highest BCUT2D eigenvalue weighted by atomic mass is 19.1. The topological polar surface area (TPSA) is 33.1 Å². The first-order chi connectivity index (χ1) is 7.66. The highest BCUT2D eigenvalue weighted by Crippen LogP contribution is 2.22. The zero-order valence-electron chi connectivity index (χ0n) is 8.89. The summed E-state index contributed by atoms with van der Waals surface area (Å²) in [7, 11) is 0. The number of aliphatic hydroxyl groups is 1. The molecule has 0 saturated heterocycles. The Morgan fingerprint density at radius 2 is 2.00 bits per heavy atom. The molecular formula is C13H12FNO. The van der Waals surface area contributed by atoms with Gasteiger partial charge in [0.05, 0.1) is 6.20 Å². The van der Waals surface area contributed by atoms with Gasteiger partial charge in [-0.25, -0.2) is 4.39 Å². The van der Waals surface area contributed by atoms with E-state index in [1.165, 1.54) is 12.3 Å². The van der Waals surface area contributed by atoms with E-state index in [2.05, 4.69) is 4.98 Å². The predicted molar refractivity (Wildman–Crippen MR) is 59.4 cm³/mol. The minimum atomic E-state index is -0.830. The van der Waals surface area contributed by atoms with Gasteiger partial charge in [0.2, 0.25) is 0 Å². The molecule has 0 aliphatic carbocycles. The van der Waals surface area contributed by atoms with Crippen LogP contribution < -0.4 is 0 Å². The second-order valence-corrected chi connectivity index (χ2v) is 3.75. The number of nitrogens with zero attached hydrogens (tertiary/aromatic N) is 1. The van der Waals surface area contributed by atoms with Gasteiger partial charge in [-0.1, -0.05) is 29.8 Å². The van der Waals surface area contributed by atoms with E-state index in [-0.39, 0.29) is 0 Å². The Morgan fingerprint density at radius 3 is 2.69 bits per heavy atom. The molecule has 3 heteroatoms. The van der Waals surface area contributed by atoms with Crippen molar-refractivity contribution in [3.05, 3.63) is 65.2 Å². The van der Waals surface area contributed by atoms with E-state index in [1.807, 2.05) is 31.2 Å². The maximum Gasteiger partial charge on any atom is 0.141 e. The van der Waals surface area contributed by atoms with E-state index >= 15 is 0 Å². The Hall–Kier alpha value is -1.74. The molecule has 0 spiro atoms. The van der Waals surface area contributed by atoms with Gasteiger partial charge in [0.25, 0.3) is 0 Å². The number of halogens is 1. The summed E-state index contributed by atoms with van der Waals surface area (Å²) in [5.41, 5.74) is 2.26. The van der Waals surface area contributed by atoms with Crippen molar-refractivity contribution in [2.45, 2.75) is 13.0 Å². The van der Waals surface area contributed by atoms with Crippen molar-refractivity contribution in [1.82, 2.24) is 4.98 Å². The minimum absolute atomic E-state index is 0.441. The molecule has 1 N–H and O–H groups in total. The summed E-state index contributed by atoms with van der Waals surface area (Å²) in [6, 6.07) is 8.78. The maximum atomic E-state index is 12.9. The Balaban J connectivity index is 2.35. The van der Waals surface area contributed by atoms with Gasteiger partial charge in [-0.05, 0) is 18.6 Å². The fourth-order valence-electron chi connectivity index (χ4n) is 1.61. The standard InChI is InChI=1S/C13H12FNO/c1-9-3-2-4-10(5-9)13(16)11-6-12(14)8-15-7-11/h2-8,13,16H,1H3. The van der Waals surface area contributed by atoms with Crippen LogP contribution in [0.2, 0.25) is 0 Å². The van der Waals surface area contributed by atoms with E-state index in [4.69, 9.17) is 0 Å². The Morgan fingerprint density at radius 1 is 1.19 bits per heavy atom. The average molecular weight is 217 g/mol. The molecule has 2 aromatic rings. The van der Waals surface area contributed by atoms with Crippen LogP contribution in [-0.2, 0) is 0 Å². The maximum absolute atomic E-state index is 12.9. The molecular weight excluding hydrogens is 205 g/mol. The van der Waals surface area contributed by atoms with Crippen molar-refractivity contribution in [2.24, 2.45) is 0 Å². The zero-order valence-corrected chi connectivity index (χ0v) is 8.89. The summed E-state index contributed by atoms with van der Waals surface area (Å²) in [6.07, 6.45) is 1.76. The molecule has 0 saturated carbocycles. The molecule has 2 nitrogen and oxygen atoms in total. The molecule has 0 bridgehead atoms. The van der Waals surface area contributed by atoms with Crippen LogP contribution in [0.1, 0.15) is 22.8 Å². The molecule has 1 atom stereocenters. The van der Waals surface area contributed by atoms with Crippen LogP contribution >= 0.6 is 0 Å². The lowest BCUT2D eigenvalue weighted by Crippen LogP contribution is -2.01. The first-order valence-electron chi connectivity index (χ1n) is 5.02. The van der Waals surface area contributed by atoms with Crippen LogP contribution in [0, 0.1) is 12.7 Å². The molecule has 0 amide bonds. The summed E-state index contributed by atoms with van der Waals surface area (Å²) < 4.78 is 12.9. The van der Waals surface area contributed by atoms with Crippen LogP contribution in [0.5, 0.6) is 0 Å². The van der Waals surface area contributed by atoms with Crippen LogP contribution in [0.3, 0.4) is 0 Å². The molecule has 0 radical (unpaired) electrons. The van der Waals surface area contributed by atoms with Gasteiger partial charge in [-0.3, -0.25) is 4.98 Å². The first kappa shape index (κ1) is 10.8. The number of aryl methyl sites for hydroxylation is 1. The van der Waals surface area contributed by atoms with E-state index in [0.717, 1.165) is 17.3 Å². The van der Waals surface area contributed by atoms with E-state index < -0.39 is 11.9 Å². The van der Waals surface area contributed by atoms with Crippen molar-refractivity contribution in [1.29, 1.82) is 0 Å². The fraction of sp³-hybridized carbons (Fsp3) is 0.154. The number of rotatable bonds is 2. The second kappa shape index (κ2) is 4.41. The summed E-state index contributed by atoms with van der Waals surface area (Å²) in [4.78, 5) is 3.72. The third kappa shape index (κ3) is 2.25. The number of aromatic nitrogens is 1. The molecule has 82 valence electrons. The number of hydrogen-bond donors (Lipinski definition) is 1. The average Bonchev–Trinajstić information content (AvgIpc) is 2.28. The molecule has 1 unspecified atom stereocenters. The summed E-state index contributed by atoms with van der Waals surface area (Å²) in [6.45, 7) is 1.94. The summed E-state index contributed by atoms with van der Waals surface area (Å²) in [5.74, 6) is -0.441. The lowest BCUT2D eigenvalue weighted by molar-refractivity contribution is 0.219. The normalized spacial score (nSPS) is 12.4. The van der Waals surface area contributed by atoms with Crippen molar-refractivity contribution in [3.63, 3.8) is 0 Å². The largest absolute Gasteiger partial charge is 0.384 e. The fourth-order valence-corrected chi connectivity index (χ4v) is 1.61. The van der Waals surface area contributed by atoms with Crippen LogP contribution in [0.15, 0.2) is 42.7 Å². The summed E-state index contributed by atoms with van der Waals surface area (Å²) in [5, 5.41) is 10.0. The first-order valence-corrected chi connectivity index (χ1v) is 5.02. The smallest absolute Gasteiger partial charge is 0.141 e. The van der Waals surface area contributed by atoms with Crippen LogP contribution in [0.25, 0.3) is 0 Å². The van der Waals surface area contributed by atoms with Gasteiger partial charge in [0.1, 0.15) is 11.9 Å². The Kier molecular flexibility index (Phi) is 2.97. The third-order valence-corrected chi connectivity index (χ3v) is 2.40. The molecule has 0 aliphatic rings. The van der Waals surface area contributed by atoms with E-state index in [0.29, 0.717) is 5.56 Å². The third-order valence-electron chi connectivity index (χ3n) is 2.40. The zero-order chi connectivity index (χ0) is 11.5. The highest BCUT2D eigenvalue weighted by Gasteiger charge is 2.11. The van der Waals surface area contributed by atoms with Crippen molar-refractivity contribution >= 4 is 0 Å². The summed E-state index contributed by atoms with van der Waals surface area (Å²) >= 11 is 0. The molecule has 0 aliphatic heterocycles. The molecule has 1 heterocycles. The van der Waals surface area contributed by atoms with Gasteiger partial charge in [0.15, 0.2) is 0 Å². The molecule has 16 heavy (non-hydrogen) atoms. The predicted octanol–water partition coefficient (Wildman–Crippen LogP) is 2.61. The number of aliphatic hydroxyl groups excluding tert-OH is 1. The van der Waals surface area contributed by atoms with E-state index in [1.54, 1.807) is 0 Å². The lowest BCUT2D eigenvalue weighted by Gasteiger charge is -2.11. The van der Waals surface area contributed by atoms with Crippen LogP contribution in [-0.4, -0.2) is 10.1 Å². The lowest BCUT2D eigenvalue weighted by atomic mass is 10.0. The molecule has 1 aromatic heterocycles. The minimum Gasteiger partial charge on any atom is -0.384 e. The Bertz CT molecular complexity index is 453. The van der Waals surface area contributed by atoms with Crippen molar-refractivity contribution < 1.29 is 9.50 Å². The van der Waals surface area contributed by atoms with Gasteiger partial charge in [0, 0.05) is 11.8 Å². The molecule has 0 fully saturated rings. The number of hydrogen-bond acceptors (Lipinski definition) is 2. The number of pyridine rings is 1.